The molecule has 0 spiro atoms. The van der Waals surface area contributed by atoms with Gasteiger partial charge in [-0.3, -0.25) is 9.89 Å². The maximum atomic E-state index is 4.26. The number of nitrogens with one attached hydrogen (secondary N) is 2. The fraction of sp³-hybridized carbons (Fsp3) is 0.632. The van der Waals surface area contributed by atoms with E-state index in [1.807, 2.05) is 7.05 Å². The van der Waals surface area contributed by atoms with Gasteiger partial charge in [-0.1, -0.05) is 44.0 Å². The lowest BCUT2D eigenvalue weighted by molar-refractivity contribution is 0.221. The number of hydrogen-bond donors (Lipinski definition) is 2. The van der Waals surface area contributed by atoms with E-state index in [2.05, 4.69) is 51.7 Å². The lowest BCUT2D eigenvalue weighted by Gasteiger charge is -2.26. The maximum absolute atomic E-state index is 4.26. The zero-order valence-corrected chi connectivity index (χ0v) is 17.5. The fourth-order valence-corrected chi connectivity index (χ4v) is 2.93. The lowest BCUT2D eigenvalue weighted by Crippen LogP contribution is -2.37. The number of benzene rings is 1. The SMILES string of the molecule is CCCCNC(=NC)NCc1ccc(CN2CCCCC2)cc1.I. The van der Waals surface area contributed by atoms with Crippen molar-refractivity contribution >= 4 is 29.9 Å². The summed E-state index contributed by atoms with van der Waals surface area (Å²) < 4.78 is 0. The van der Waals surface area contributed by atoms with Crippen LogP contribution in [0.15, 0.2) is 29.3 Å². The standard InChI is InChI=1S/C19H32N4.HI/c1-3-4-12-21-19(20-2)22-15-17-8-10-18(11-9-17)16-23-13-6-5-7-14-23;/h8-11H,3-7,12-16H2,1-2H3,(H2,20,21,22);1H. The van der Waals surface area contributed by atoms with Crippen LogP contribution in [0.4, 0.5) is 0 Å². The summed E-state index contributed by atoms with van der Waals surface area (Å²) in [4.78, 5) is 6.82. The first-order chi connectivity index (χ1) is 11.3. The van der Waals surface area contributed by atoms with E-state index in [0.717, 1.165) is 25.6 Å². The van der Waals surface area contributed by atoms with Crippen molar-refractivity contribution in [3.8, 4) is 0 Å². The van der Waals surface area contributed by atoms with E-state index < -0.39 is 0 Å². The number of guanidine groups is 1. The van der Waals surface area contributed by atoms with Crippen LogP contribution in [0, 0.1) is 0 Å². The molecule has 1 aromatic carbocycles. The molecule has 4 nitrogen and oxygen atoms in total. The molecular formula is C19H33IN4. The molecule has 2 rings (SSSR count). The van der Waals surface area contributed by atoms with Gasteiger partial charge in [-0.25, -0.2) is 0 Å². The van der Waals surface area contributed by atoms with Crippen molar-refractivity contribution in [3.05, 3.63) is 35.4 Å². The largest absolute Gasteiger partial charge is 0.356 e. The van der Waals surface area contributed by atoms with E-state index in [0.29, 0.717) is 0 Å². The molecule has 1 fully saturated rings. The molecule has 0 unspecified atom stereocenters. The Hall–Kier alpha value is -0.820. The first-order valence-electron chi connectivity index (χ1n) is 9.06. The Bertz CT molecular complexity index is 467. The molecule has 0 aliphatic carbocycles. The lowest BCUT2D eigenvalue weighted by atomic mass is 10.1. The van der Waals surface area contributed by atoms with Gasteiger partial charge < -0.3 is 10.6 Å². The van der Waals surface area contributed by atoms with E-state index in [-0.39, 0.29) is 24.0 Å². The Labute approximate surface area is 164 Å². The summed E-state index contributed by atoms with van der Waals surface area (Å²) in [6.45, 7) is 7.59. The van der Waals surface area contributed by atoms with Gasteiger partial charge in [-0.05, 0) is 43.5 Å². The summed E-state index contributed by atoms with van der Waals surface area (Å²) in [6.07, 6.45) is 6.47. The van der Waals surface area contributed by atoms with E-state index in [4.69, 9.17) is 0 Å². The molecule has 0 radical (unpaired) electrons. The first-order valence-corrected chi connectivity index (χ1v) is 9.06. The van der Waals surface area contributed by atoms with Crippen LogP contribution in [0.3, 0.4) is 0 Å². The molecule has 24 heavy (non-hydrogen) atoms. The van der Waals surface area contributed by atoms with Gasteiger partial charge in [0.15, 0.2) is 5.96 Å². The van der Waals surface area contributed by atoms with Crippen LogP contribution in [0.1, 0.15) is 50.2 Å². The monoisotopic (exact) mass is 444 g/mol. The second-order valence-electron chi connectivity index (χ2n) is 6.36. The zero-order valence-electron chi connectivity index (χ0n) is 15.2. The summed E-state index contributed by atoms with van der Waals surface area (Å²) in [6, 6.07) is 8.98. The zero-order chi connectivity index (χ0) is 16.3. The van der Waals surface area contributed by atoms with Crippen LogP contribution in [-0.4, -0.2) is 37.5 Å². The van der Waals surface area contributed by atoms with Crippen LogP contribution in [0.25, 0.3) is 0 Å². The fourth-order valence-electron chi connectivity index (χ4n) is 2.93. The van der Waals surface area contributed by atoms with Crippen LogP contribution in [0.2, 0.25) is 0 Å². The van der Waals surface area contributed by atoms with Crippen molar-refractivity contribution in [2.75, 3.05) is 26.7 Å². The smallest absolute Gasteiger partial charge is 0.191 e. The average molecular weight is 444 g/mol. The predicted octanol–water partition coefficient (Wildman–Crippen LogP) is 3.76. The highest BCUT2D eigenvalue weighted by atomic mass is 127. The molecule has 1 heterocycles. The van der Waals surface area contributed by atoms with Crippen LogP contribution >= 0.6 is 24.0 Å². The number of aliphatic imine (C=N–C) groups is 1. The number of halogens is 1. The van der Waals surface area contributed by atoms with E-state index in [1.54, 1.807) is 0 Å². The molecule has 5 heteroatoms. The Balaban J connectivity index is 0.00000288. The summed E-state index contributed by atoms with van der Waals surface area (Å²) in [5.74, 6) is 0.885. The van der Waals surface area contributed by atoms with Gasteiger partial charge in [-0.2, -0.15) is 0 Å². The Morgan fingerprint density at radius 2 is 1.71 bits per heavy atom. The van der Waals surface area contributed by atoms with Crippen molar-refractivity contribution < 1.29 is 0 Å². The summed E-state index contributed by atoms with van der Waals surface area (Å²) >= 11 is 0. The highest BCUT2D eigenvalue weighted by Gasteiger charge is 2.10. The van der Waals surface area contributed by atoms with Gasteiger partial charge in [0.2, 0.25) is 0 Å². The third-order valence-corrected chi connectivity index (χ3v) is 4.38. The van der Waals surface area contributed by atoms with Crippen LogP contribution in [-0.2, 0) is 13.1 Å². The van der Waals surface area contributed by atoms with Crippen LogP contribution in [0.5, 0.6) is 0 Å². The van der Waals surface area contributed by atoms with Crippen molar-refractivity contribution in [2.45, 2.75) is 52.1 Å². The summed E-state index contributed by atoms with van der Waals surface area (Å²) in [7, 11) is 1.82. The Kier molecular flexibility index (Phi) is 11.1. The molecule has 1 aliphatic rings. The molecular weight excluding hydrogens is 411 g/mol. The van der Waals surface area contributed by atoms with Crippen molar-refractivity contribution in [1.29, 1.82) is 0 Å². The van der Waals surface area contributed by atoms with E-state index in [9.17, 15) is 0 Å². The predicted molar refractivity (Wildman–Crippen MR) is 114 cm³/mol. The third kappa shape index (κ3) is 7.83. The van der Waals surface area contributed by atoms with Crippen molar-refractivity contribution in [1.82, 2.24) is 15.5 Å². The summed E-state index contributed by atoms with van der Waals surface area (Å²) in [5, 5.41) is 6.71. The molecule has 2 N–H and O–H groups in total. The van der Waals surface area contributed by atoms with Gasteiger partial charge in [-0.15, -0.1) is 24.0 Å². The number of piperidine rings is 1. The van der Waals surface area contributed by atoms with Gasteiger partial charge in [0.25, 0.3) is 0 Å². The Morgan fingerprint density at radius 3 is 2.33 bits per heavy atom. The first kappa shape index (κ1) is 21.2. The number of unbranched alkanes of at least 4 members (excludes halogenated alkanes) is 1. The Morgan fingerprint density at radius 1 is 1.04 bits per heavy atom. The highest BCUT2D eigenvalue weighted by Crippen LogP contribution is 2.13. The van der Waals surface area contributed by atoms with Crippen molar-refractivity contribution in [2.24, 2.45) is 4.99 Å². The highest BCUT2D eigenvalue weighted by molar-refractivity contribution is 14.0. The summed E-state index contributed by atoms with van der Waals surface area (Å²) in [5.41, 5.74) is 2.71. The molecule has 0 atom stereocenters. The minimum Gasteiger partial charge on any atom is -0.356 e. The minimum absolute atomic E-state index is 0. The van der Waals surface area contributed by atoms with Gasteiger partial charge in [0.1, 0.15) is 0 Å². The molecule has 0 amide bonds. The van der Waals surface area contributed by atoms with E-state index >= 15 is 0 Å². The second-order valence-corrected chi connectivity index (χ2v) is 6.36. The van der Waals surface area contributed by atoms with Gasteiger partial charge in [0, 0.05) is 26.7 Å². The molecule has 0 saturated carbocycles. The molecule has 1 saturated heterocycles. The van der Waals surface area contributed by atoms with Gasteiger partial charge in [0.05, 0.1) is 0 Å². The van der Waals surface area contributed by atoms with Gasteiger partial charge >= 0.3 is 0 Å². The number of nitrogens with zero attached hydrogens (tertiary/aromatic N) is 2. The third-order valence-electron chi connectivity index (χ3n) is 4.38. The average Bonchev–Trinajstić information content (AvgIpc) is 2.60. The number of rotatable bonds is 7. The molecule has 0 bridgehead atoms. The number of hydrogen-bond acceptors (Lipinski definition) is 2. The van der Waals surface area contributed by atoms with E-state index in [1.165, 1.54) is 56.3 Å². The quantitative estimate of drug-likeness (QED) is 0.291. The number of likely N-dealkylation sites (tertiary alicyclic amines) is 1. The van der Waals surface area contributed by atoms with Crippen molar-refractivity contribution in [3.63, 3.8) is 0 Å². The molecule has 1 aromatic rings. The maximum Gasteiger partial charge on any atom is 0.191 e. The topological polar surface area (TPSA) is 39.7 Å². The normalized spacial score (nSPS) is 15.7. The molecule has 136 valence electrons. The minimum atomic E-state index is 0. The molecule has 0 aromatic heterocycles. The molecule has 1 aliphatic heterocycles. The van der Waals surface area contributed by atoms with Crippen LogP contribution < -0.4 is 10.6 Å². The second kappa shape index (κ2) is 12.5.